The molecule has 0 amide bonds. The zero-order valence-corrected chi connectivity index (χ0v) is 17.7. The van der Waals surface area contributed by atoms with Crippen molar-refractivity contribution in [1.82, 2.24) is 14.5 Å². The Morgan fingerprint density at radius 2 is 1.72 bits per heavy atom. The molecule has 32 heavy (non-hydrogen) atoms. The van der Waals surface area contributed by atoms with Gasteiger partial charge in [-0.15, -0.1) is 0 Å². The van der Waals surface area contributed by atoms with Gasteiger partial charge in [-0.25, -0.2) is 4.98 Å². The topological polar surface area (TPSA) is 50.9 Å². The minimum absolute atomic E-state index is 0.0483. The summed E-state index contributed by atoms with van der Waals surface area (Å²) in [6.07, 6.45) is 1.77. The zero-order valence-electron chi connectivity index (χ0n) is 23.7. The van der Waals surface area contributed by atoms with Gasteiger partial charge in [-0.05, 0) is 73.2 Å². The maximum atomic E-state index is 11.0. The Morgan fingerprint density at radius 3 is 2.53 bits per heavy atom. The number of phenols is 1. The van der Waals surface area contributed by atoms with Crippen molar-refractivity contribution >= 4 is 11.0 Å². The smallest absolute Gasteiger partial charge is 0.144 e. The Balaban J connectivity index is 1.72. The quantitative estimate of drug-likeness (QED) is 0.354. The summed E-state index contributed by atoms with van der Waals surface area (Å²) in [5.74, 6) is -0.247. The van der Waals surface area contributed by atoms with Crippen LogP contribution in [0.2, 0.25) is 0 Å². The van der Waals surface area contributed by atoms with Crippen molar-refractivity contribution in [2.45, 2.75) is 20.6 Å². The molecule has 5 aromatic rings. The van der Waals surface area contributed by atoms with Gasteiger partial charge in [0.15, 0.2) is 0 Å². The minimum Gasteiger partial charge on any atom is -0.507 e. The highest BCUT2D eigenvalue weighted by Crippen LogP contribution is 2.37. The Morgan fingerprint density at radius 1 is 0.875 bits per heavy atom. The molecule has 2 heterocycles. The third-order valence-corrected chi connectivity index (χ3v) is 5.65. The zero-order chi connectivity index (χ0) is 27.4. The molecule has 0 spiro atoms. The molecule has 158 valence electrons. The van der Waals surface area contributed by atoms with Gasteiger partial charge in [0.05, 0.1) is 22.3 Å². The number of aryl methyl sites for hydroxylation is 4. The van der Waals surface area contributed by atoms with Gasteiger partial charge in [-0.3, -0.25) is 4.98 Å². The van der Waals surface area contributed by atoms with E-state index >= 15 is 0 Å². The Bertz CT molecular complexity index is 1690. The van der Waals surface area contributed by atoms with Crippen molar-refractivity contribution in [3.8, 4) is 39.5 Å². The maximum Gasteiger partial charge on any atom is 0.144 e. The Kier molecular flexibility index (Phi) is 3.39. The number of fused-ring (bicyclic) bond motifs is 1. The molecular weight excluding hydrogens is 394 g/mol. The van der Waals surface area contributed by atoms with Crippen LogP contribution in [-0.4, -0.2) is 19.6 Å². The number of para-hydroxylation sites is 1. The van der Waals surface area contributed by atoms with Gasteiger partial charge in [-0.2, -0.15) is 0 Å². The van der Waals surface area contributed by atoms with E-state index in [1.54, 1.807) is 17.8 Å². The summed E-state index contributed by atoms with van der Waals surface area (Å²) in [4.78, 5) is 9.29. The lowest BCUT2D eigenvalue weighted by molar-refractivity contribution is 0.472. The van der Waals surface area contributed by atoms with Crippen LogP contribution in [0.3, 0.4) is 0 Å². The molecule has 2 aromatic heterocycles. The van der Waals surface area contributed by atoms with E-state index in [2.05, 4.69) is 4.98 Å². The molecule has 0 radical (unpaired) electrons. The molecule has 0 atom stereocenters. The average molecular weight is 426 g/mol. The monoisotopic (exact) mass is 425 g/mol. The fourth-order valence-corrected chi connectivity index (χ4v) is 4.03. The van der Waals surface area contributed by atoms with E-state index in [-0.39, 0.29) is 17.0 Å². The molecule has 0 aliphatic heterocycles. The summed E-state index contributed by atoms with van der Waals surface area (Å²) >= 11 is 0. The number of benzene rings is 3. The van der Waals surface area contributed by atoms with Gasteiger partial charge in [-0.1, -0.05) is 36.4 Å². The summed E-state index contributed by atoms with van der Waals surface area (Å²) in [7, 11) is 1.75. The van der Waals surface area contributed by atoms with Gasteiger partial charge in [0.25, 0.3) is 0 Å². The number of hydrogen-bond acceptors (Lipinski definition) is 3. The van der Waals surface area contributed by atoms with Gasteiger partial charge >= 0.3 is 0 Å². The number of nitrogens with zero attached hydrogens (tertiary/aromatic N) is 3. The fraction of sp³-hybridized carbons (Fsp3) is 0.143. The molecule has 0 unspecified atom stereocenters. The number of aromatic nitrogens is 3. The highest BCUT2D eigenvalue weighted by atomic mass is 16.3. The number of aromatic hydroxyl groups is 1. The van der Waals surface area contributed by atoms with Crippen molar-refractivity contribution in [3.63, 3.8) is 0 Å². The third kappa shape index (κ3) is 3.34. The van der Waals surface area contributed by atoms with E-state index in [4.69, 9.17) is 13.2 Å². The van der Waals surface area contributed by atoms with Crippen LogP contribution in [0.5, 0.6) is 5.75 Å². The van der Waals surface area contributed by atoms with E-state index < -0.39 is 25.0 Å². The minimum atomic E-state index is -2.71. The van der Waals surface area contributed by atoms with Crippen molar-refractivity contribution in [2.75, 3.05) is 0 Å². The summed E-state index contributed by atoms with van der Waals surface area (Å²) in [6.45, 7) is -3.26. The molecule has 4 heteroatoms. The van der Waals surface area contributed by atoms with Crippen LogP contribution in [0.15, 0.2) is 72.9 Å². The maximum absolute atomic E-state index is 11.0. The predicted octanol–water partition coefficient (Wildman–Crippen LogP) is 6.60. The van der Waals surface area contributed by atoms with Gasteiger partial charge < -0.3 is 9.67 Å². The lowest BCUT2D eigenvalue weighted by Gasteiger charge is -2.09. The summed E-state index contributed by atoms with van der Waals surface area (Å²) in [5.41, 5.74) is 5.47. The first kappa shape index (κ1) is 14.2. The van der Waals surface area contributed by atoms with E-state index in [0.717, 1.165) is 39.5 Å². The second-order valence-corrected chi connectivity index (χ2v) is 7.89. The van der Waals surface area contributed by atoms with Crippen LogP contribution < -0.4 is 0 Å². The first-order valence-corrected chi connectivity index (χ1v) is 10.2. The SMILES string of the molecule is [2H]C([2H])([2H])c1cc(-c2nc3c(-c4cccc(-c5cc(C)ccn5)c4)cccc3n2C)c(O)c(C([2H])([2H])[2H])c1. The molecule has 1 N–H and O–H groups in total. The molecule has 3 aromatic carbocycles. The van der Waals surface area contributed by atoms with Gasteiger partial charge in [0, 0.05) is 32.6 Å². The van der Waals surface area contributed by atoms with Gasteiger partial charge in [0.2, 0.25) is 0 Å². The second kappa shape index (κ2) is 7.65. The molecule has 0 bridgehead atoms. The number of hydrogen-bond donors (Lipinski definition) is 1. The molecule has 5 rings (SSSR count). The number of phenolic OH excluding ortho intramolecular Hbond substituents is 1. The van der Waals surface area contributed by atoms with Crippen LogP contribution in [0, 0.1) is 20.6 Å². The first-order chi connectivity index (χ1) is 17.8. The fourth-order valence-electron chi connectivity index (χ4n) is 4.03. The average Bonchev–Trinajstić information content (AvgIpc) is 3.19. The van der Waals surface area contributed by atoms with Gasteiger partial charge in [0.1, 0.15) is 11.6 Å². The lowest BCUT2D eigenvalue weighted by atomic mass is 10.00. The van der Waals surface area contributed by atoms with E-state index in [1.807, 2.05) is 61.5 Å². The van der Waals surface area contributed by atoms with Crippen molar-refractivity contribution in [2.24, 2.45) is 7.05 Å². The van der Waals surface area contributed by atoms with Crippen LogP contribution in [0.4, 0.5) is 0 Å². The van der Waals surface area contributed by atoms with Crippen LogP contribution >= 0.6 is 0 Å². The normalized spacial score (nSPS) is 14.8. The summed E-state index contributed by atoms with van der Waals surface area (Å²) in [6, 6.07) is 19.9. The third-order valence-electron chi connectivity index (χ3n) is 5.65. The molecule has 0 aliphatic carbocycles. The van der Waals surface area contributed by atoms with Crippen molar-refractivity contribution in [3.05, 3.63) is 89.6 Å². The Hall–Kier alpha value is -3.92. The largest absolute Gasteiger partial charge is 0.507 e. The molecule has 0 fully saturated rings. The molecule has 0 saturated carbocycles. The van der Waals surface area contributed by atoms with Crippen LogP contribution in [0.25, 0.3) is 44.8 Å². The molecule has 0 aliphatic rings. The second-order valence-electron chi connectivity index (χ2n) is 7.89. The molecular formula is C28H25N3O. The van der Waals surface area contributed by atoms with E-state index in [0.29, 0.717) is 5.52 Å². The molecule has 0 saturated heterocycles. The highest BCUT2D eigenvalue weighted by Gasteiger charge is 2.18. The number of rotatable bonds is 3. The highest BCUT2D eigenvalue weighted by molar-refractivity contribution is 5.95. The molecule has 4 nitrogen and oxygen atoms in total. The number of pyridine rings is 1. The van der Waals surface area contributed by atoms with Crippen LogP contribution in [-0.2, 0) is 7.05 Å². The standard InChI is InChI=1S/C28H25N3O/c1-17-11-12-29-24(15-17)21-8-5-7-20(16-21)22-9-6-10-25-26(22)30-28(31(25)4)23-14-18(2)13-19(3)27(23)32/h5-16,32H,1-4H3/i2D3,3D3. The Labute approximate surface area is 196 Å². The van der Waals surface area contributed by atoms with E-state index in [9.17, 15) is 5.11 Å². The van der Waals surface area contributed by atoms with Crippen molar-refractivity contribution < 1.29 is 13.3 Å². The predicted molar refractivity (Wildman–Crippen MR) is 131 cm³/mol. The first-order valence-electron chi connectivity index (χ1n) is 13.2. The van der Waals surface area contributed by atoms with Crippen molar-refractivity contribution in [1.29, 1.82) is 0 Å². The summed E-state index contributed by atoms with van der Waals surface area (Å²) < 4.78 is 48.8. The number of imidazole rings is 1. The van der Waals surface area contributed by atoms with E-state index in [1.165, 1.54) is 6.07 Å². The summed E-state index contributed by atoms with van der Waals surface area (Å²) in [5, 5.41) is 11.0. The van der Waals surface area contributed by atoms with Crippen LogP contribution in [0.1, 0.15) is 24.9 Å². The lowest BCUT2D eigenvalue weighted by Crippen LogP contribution is -1.94.